The van der Waals surface area contributed by atoms with Crippen molar-refractivity contribution in [3.8, 4) is 0 Å². The molecule has 5 nitrogen and oxygen atoms in total. The van der Waals surface area contributed by atoms with Gasteiger partial charge in [-0.1, -0.05) is 30.3 Å². The van der Waals surface area contributed by atoms with Crippen molar-refractivity contribution in [2.45, 2.75) is 32.2 Å². The number of halogens is 1. The summed E-state index contributed by atoms with van der Waals surface area (Å²) in [5, 5.41) is 6.74. The molecule has 0 amide bonds. The number of hydrogen-bond donors (Lipinski definition) is 2. The second-order valence-electron chi connectivity index (χ2n) is 6.91. The van der Waals surface area contributed by atoms with Gasteiger partial charge in [0.1, 0.15) is 0 Å². The second-order valence-corrected chi connectivity index (χ2v) is 6.91. The molecule has 0 saturated heterocycles. The van der Waals surface area contributed by atoms with E-state index in [1.165, 1.54) is 18.4 Å². The Morgan fingerprint density at radius 2 is 1.96 bits per heavy atom. The lowest BCUT2D eigenvalue weighted by Gasteiger charge is -2.23. The summed E-state index contributed by atoms with van der Waals surface area (Å²) in [5.74, 6) is 1.72. The molecule has 6 heteroatoms. The molecule has 0 spiro atoms. The number of benzene rings is 1. The Balaban J connectivity index is 0.00000338. The van der Waals surface area contributed by atoms with Gasteiger partial charge in [-0.3, -0.25) is 4.99 Å². The molecule has 0 aliphatic heterocycles. The van der Waals surface area contributed by atoms with E-state index in [1.54, 1.807) is 0 Å². The maximum Gasteiger partial charge on any atom is 0.191 e. The zero-order valence-electron chi connectivity index (χ0n) is 16.4. The molecule has 1 saturated carbocycles. The van der Waals surface area contributed by atoms with Crippen LogP contribution >= 0.6 is 24.0 Å². The number of nitrogens with one attached hydrogen (secondary N) is 2. The molecule has 1 aromatic carbocycles. The molecule has 1 aromatic rings. The highest BCUT2D eigenvalue weighted by Gasteiger charge is 2.20. The number of aliphatic imine (C=N–C) groups is 1. The average Bonchev–Trinajstić information content (AvgIpc) is 3.43. The van der Waals surface area contributed by atoms with E-state index in [9.17, 15) is 0 Å². The highest BCUT2D eigenvalue weighted by atomic mass is 127. The van der Waals surface area contributed by atoms with Crippen molar-refractivity contribution in [2.75, 3.05) is 46.9 Å². The fourth-order valence-corrected chi connectivity index (χ4v) is 2.68. The topological polar surface area (TPSA) is 48.9 Å². The first-order valence-corrected chi connectivity index (χ1v) is 9.52. The van der Waals surface area contributed by atoms with Gasteiger partial charge in [0.25, 0.3) is 0 Å². The predicted octanol–water partition coefficient (Wildman–Crippen LogP) is 3.28. The molecule has 2 rings (SSSR count). The van der Waals surface area contributed by atoms with E-state index in [4.69, 9.17) is 9.73 Å². The molecule has 1 aliphatic carbocycles. The Morgan fingerprint density at radius 3 is 2.58 bits per heavy atom. The van der Waals surface area contributed by atoms with E-state index in [-0.39, 0.29) is 30.0 Å². The number of rotatable bonds is 11. The molecule has 2 N–H and O–H groups in total. The first-order chi connectivity index (χ1) is 12.2. The number of ether oxygens (including phenoxy) is 1. The minimum absolute atomic E-state index is 0. The zero-order valence-corrected chi connectivity index (χ0v) is 18.7. The van der Waals surface area contributed by atoms with E-state index >= 15 is 0 Å². The summed E-state index contributed by atoms with van der Waals surface area (Å²) in [7, 11) is 4.20. The average molecular weight is 474 g/mol. The third-order valence-electron chi connectivity index (χ3n) is 4.38. The van der Waals surface area contributed by atoms with Crippen molar-refractivity contribution in [3.63, 3.8) is 0 Å². The van der Waals surface area contributed by atoms with Gasteiger partial charge in [0.15, 0.2) is 5.96 Å². The minimum atomic E-state index is 0. The molecule has 1 fully saturated rings. The highest BCUT2D eigenvalue weighted by Crippen LogP contribution is 2.28. The van der Waals surface area contributed by atoms with E-state index in [0.29, 0.717) is 0 Å². The number of likely N-dealkylation sites (N-methyl/N-ethyl adjacent to an activating group) is 1. The quantitative estimate of drug-likeness (QED) is 0.224. The Hall–Kier alpha value is -0.860. The predicted molar refractivity (Wildman–Crippen MR) is 120 cm³/mol. The third kappa shape index (κ3) is 9.19. The maximum atomic E-state index is 5.68. The fraction of sp³-hybridized carbons (Fsp3) is 0.650. The van der Waals surface area contributed by atoms with Gasteiger partial charge in [-0.2, -0.15) is 0 Å². The van der Waals surface area contributed by atoms with Gasteiger partial charge in [-0.15, -0.1) is 24.0 Å². The molecular formula is C20H35IN4O. The summed E-state index contributed by atoms with van der Waals surface area (Å²) in [6, 6.07) is 10.8. The Bertz CT molecular complexity index is 506. The lowest BCUT2D eigenvalue weighted by atomic mass is 10.1. The van der Waals surface area contributed by atoms with Gasteiger partial charge in [0.05, 0.1) is 12.6 Å². The van der Waals surface area contributed by atoms with Crippen molar-refractivity contribution in [1.29, 1.82) is 0 Å². The number of guanidine groups is 1. The van der Waals surface area contributed by atoms with Crippen molar-refractivity contribution in [2.24, 2.45) is 10.9 Å². The molecule has 0 aromatic heterocycles. The molecule has 1 atom stereocenters. The SMILES string of the molecule is CCNC(=NCC(c1ccccc1)N(C)C)NCCCOCC1CC1.I. The summed E-state index contributed by atoms with van der Waals surface area (Å²) in [6.45, 7) is 6.33. The minimum Gasteiger partial charge on any atom is -0.381 e. The molecule has 0 radical (unpaired) electrons. The van der Waals surface area contributed by atoms with Crippen LogP contribution in [0.1, 0.15) is 37.8 Å². The van der Waals surface area contributed by atoms with E-state index < -0.39 is 0 Å². The van der Waals surface area contributed by atoms with Crippen molar-refractivity contribution >= 4 is 29.9 Å². The van der Waals surface area contributed by atoms with Gasteiger partial charge in [-0.05, 0) is 51.8 Å². The van der Waals surface area contributed by atoms with Crippen LogP contribution in [0.25, 0.3) is 0 Å². The normalized spacial score (nSPS) is 15.5. The maximum absolute atomic E-state index is 5.68. The Morgan fingerprint density at radius 1 is 1.23 bits per heavy atom. The van der Waals surface area contributed by atoms with Crippen LogP contribution in [0, 0.1) is 5.92 Å². The first-order valence-electron chi connectivity index (χ1n) is 9.52. The van der Waals surface area contributed by atoms with Gasteiger partial charge in [-0.25, -0.2) is 0 Å². The monoisotopic (exact) mass is 474 g/mol. The van der Waals surface area contributed by atoms with Crippen LogP contribution in [0.2, 0.25) is 0 Å². The molecule has 1 unspecified atom stereocenters. The van der Waals surface area contributed by atoms with E-state index in [1.807, 2.05) is 0 Å². The molecule has 1 aliphatic rings. The summed E-state index contributed by atoms with van der Waals surface area (Å²) >= 11 is 0. The van der Waals surface area contributed by atoms with Crippen molar-refractivity contribution in [3.05, 3.63) is 35.9 Å². The molecule has 26 heavy (non-hydrogen) atoms. The third-order valence-corrected chi connectivity index (χ3v) is 4.38. The largest absolute Gasteiger partial charge is 0.381 e. The van der Waals surface area contributed by atoms with Gasteiger partial charge < -0.3 is 20.3 Å². The summed E-state index contributed by atoms with van der Waals surface area (Å²) in [5.41, 5.74) is 1.29. The van der Waals surface area contributed by atoms with Crippen LogP contribution in [-0.4, -0.2) is 57.8 Å². The van der Waals surface area contributed by atoms with Gasteiger partial charge in [0.2, 0.25) is 0 Å². The van der Waals surface area contributed by atoms with Gasteiger partial charge >= 0.3 is 0 Å². The first kappa shape index (κ1) is 23.2. The summed E-state index contributed by atoms with van der Waals surface area (Å²) < 4.78 is 5.68. The summed E-state index contributed by atoms with van der Waals surface area (Å²) in [4.78, 5) is 7.00. The van der Waals surface area contributed by atoms with E-state index in [2.05, 4.69) is 66.9 Å². The lowest BCUT2D eigenvalue weighted by Crippen LogP contribution is -2.38. The lowest BCUT2D eigenvalue weighted by molar-refractivity contribution is 0.123. The summed E-state index contributed by atoms with van der Waals surface area (Å²) in [6.07, 6.45) is 3.71. The van der Waals surface area contributed by atoms with Gasteiger partial charge in [0, 0.05) is 26.3 Å². The van der Waals surface area contributed by atoms with Crippen LogP contribution in [0.4, 0.5) is 0 Å². The fourth-order valence-electron chi connectivity index (χ4n) is 2.68. The van der Waals surface area contributed by atoms with Crippen LogP contribution in [0.5, 0.6) is 0 Å². The van der Waals surface area contributed by atoms with E-state index in [0.717, 1.165) is 51.1 Å². The molecule has 148 valence electrons. The highest BCUT2D eigenvalue weighted by molar-refractivity contribution is 14.0. The van der Waals surface area contributed by atoms with Crippen LogP contribution in [0.15, 0.2) is 35.3 Å². The smallest absolute Gasteiger partial charge is 0.191 e. The van der Waals surface area contributed by atoms with Crippen LogP contribution < -0.4 is 10.6 Å². The number of hydrogen-bond acceptors (Lipinski definition) is 3. The van der Waals surface area contributed by atoms with Crippen LogP contribution in [-0.2, 0) is 4.74 Å². The standard InChI is InChI=1S/C20H34N4O.HI/c1-4-21-20(22-13-8-14-25-16-17-11-12-17)23-15-19(24(2)3)18-9-6-5-7-10-18;/h5-7,9-10,17,19H,4,8,11-16H2,1-3H3,(H2,21,22,23);1H. The zero-order chi connectivity index (χ0) is 17.9. The Labute approximate surface area is 176 Å². The van der Waals surface area contributed by atoms with Crippen molar-refractivity contribution in [1.82, 2.24) is 15.5 Å². The molecule has 0 bridgehead atoms. The molecule has 0 heterocycles. The van der Waals surface area contributed by atoms with Crippen molar-refractivity contribution < 1.29 is 4.74 Å². The second kappa shape index (κ2) is 13.3. The number of nitrogens with zero attached hydrogens (tertiary/aromatic N) is 2. The van der Waals surface area contributed by atoms with Crippen LogP contribution in [0.3, 0.4) is 0 Å². The Kier molecular flexibility index (Phi) is 11.9. The molecular weight excluding hydrogens is 439 g/mol.